The molecule has 0 aliphatic heterocycles. The van der Waals surface area contributed by atoms with Gasteiger partial charge in [0.15, 0.2) is 0 Å². The highest BCUT2D eigenvalue weighted by atomic mass is 79.9. The first kappa shape index (κ1) is 14.1. The highest BCUT2D eigenvalue weighted by molar-refractivity contribution is 9.11. The van der Waals surface area contributed by atoms with Crippen LogP contribution in [0.3, 0.4) is 0 Å². The summed E-state index contributed by atoms with van der Waals surface area (Å²) in [6.07, 6.45) is 2.70. The van der Waals surface area contributed by atoms with Crippen LogP contribution in [-0.4, -0.2) is 10.5 Å². The average Bonchev–Trinajstić information content (AvgIpc) is 2.93. The van der Waals surface area contributed by atoms with Crippen LogP contribution in [0.25, 0.3) is 0 Å². The van der Waals surface area contributed by atoms with Gasteiger partial charge in [-0.2, -0.15) is 0 Å². The molecule has 0 saturated heterocycles. The number of rotatable bonds is 5. The molecule has 2 aromatic rings. The molecule has 0 saturated carbocycles. The molecular weight excluding hydrogens is 328 g/mol. The van der Waals surface area contributed by atoms with Crippen molar-refractivity contribution in [1.82, 2.24) is 4.57 Å². The van der Waals surface area contributed by atoms with E-state index in [4.69, 9.17) is 10.5 Å². The number of nitrogens with zero attached hydrogens (tertiary/aromatic N) is 1. The summed E-state index contributed by atoms with van der Waals surface area (Å²) in [5, 5.41) is 0. The van der Waals surface area contributed by atoms with Crippen molar-refractivity contribution in [3.8, 4) is 0 Å². The number of nitrogens with two attached hydrogens (primary N) is 1. The molecule has 2 aromatic heterocycles. The van der Waals surface area contributed by atoms with Crippen LogP contribution >= 0.6 is 27.3 Å². The zero-order valence-electron chi connectivity index (χ0n) is 10.6. The van der Waals surface area contributed by atoms with Crippen LogP contribution in [0.2, 0.25) is 0 Å². The Bertz CT molecular complexity index is 577. The molecule has 0 aliphatic carbocycles. The fourth-order valence-corrected chi connectivity index (χ4v) is 3.17. The fraction of sp³-hybridized carbons (Fsp3) is 0.308. The summed E-state index contributed by atoms with van der Waals surface area (Å²) in [7, 11) is 0. The molecule has 0 amide bonds. The molecule has 0 atom stereocenters. The SMILES string of the molecule is CCCn1cc(N)cc1C(=O)OCc1ccc(Br)s1. The number of halogens is 1. The van der Waals surface area contributed by atoms with Gasteiger partial charge in [-0.15, -0.1) is 11.3 Å². The predicted octanol–water partition coefficient (Wildman–Crippen LogP) is 3.66. The average molecular weight is 343 g/mol. The van der Waals surface area contributed by atoms with Gasteiger partial charge in [-0.1, -0.05) is 6.92 Å². The first-order chi connectivity index (χ1) is 9.10. The maximum absolute atomic E-state index is 12.0. The van der Waals surface area contributed by atoms with E-state index in [1.54, 1.807) is 23.6 Å². The summed E-state index contributed by atoms with van der Waals surface area (Å²) in [5.41, 5.74) is 6.82. The Morgan fingerprint density at radius 3 is 2.95 bits per heavy atom. The maximum atomic E-state index is 12.0. The van der Waals surface area contributed by atoms with Crippen LogP contribution in [0, 0.1) is 0 Å². The Balaban J connectivity index is 2.03. The van der Waals surface area contributed by atoms with E-state index in [1.807, 2.05) is 16.7 Å². The highest BCUT2D eigenvalue weighted by Crippen LogP contribution is 2.23. The predicted molar refractivity (Wildman–Crippen MR) is 80.3 cm³/mol. The van der Waals surface area contributed by atoms with Crippen LogP contribution in [-0.2, 0) is 17.9 Å². The van der Waals surface area contributed by atoms with E-state index in [0.717, 1.165) is 21.6 Å². The van der Waals surface area contributed by atoms with Crippen molar-refractivity contribution < 1.29 is 9.53 Å². The lowest BCUT2D eigenvalue weighted by Gasteiger charge is -2.07. The molecular formula is C13H15BrN2O2S. The first-order valence-electron chi connectivity index (χ1n) is 5.97. The van der Waals surface area contributed by atoms with E-state index in [0.29, 0.717) is 11.4 Å². The minimum Gasteiger partial charge on any atom is -0.455 e. The molecule has 0 fully saturated rings. The molecule has 2 rings (SSSR count). The summed E-state index contributed by atoms with van der Waals surface area (Å²) < 4.78 is 8.16. The molecule has 2 N–H and O–H groups in total. The number of aromatic nitrogens is 1. The number of ether oxygens (including phenoxy) is 1. The van der Waals surface area contributed by atoms with Crippen molar-refractivity contribution in [1.29, 1.82) is 0 Å². The number of aryl methyl sites for hydroxylation is 1. The van der Waals surface area contributed by atoms with Crippen LogP contribution in [0.15, 0.2) is 28.2 Å². The molecule has 0 spiro atoms. The summed E-state index contributed by atoms with van der Waals surface area (Å²) in [6, 6.07) is 5.52. The third-order valence-electron chi connectivity index (χ3n) is 2.57. The quantitative estimate of drug-likeness (QED) is 0.843. The van der Waals surface area contributed by atoms with E-state index in [9.17, 15) is 4.79 Å². The van der Waals surface area contributed by atoms with Crippen LogP contribution in [0.1, 0.15) is 28.7 Å². The van der Waals surface area contributed by atoms with Crippen LogP contribution < -0.4 is 5.73 Å². The monoisotopic (exact) mass is 342 g/mol. The Hall–Kier alpha value is -1.27. The van der Waals surface area contributed by atoms with Crippen LogP contribution in [0.5, 0.6) is 0 Å². The largest absolute Gasteiger partial charge is 0.455 e. The number of carbonyl (C=O) groups is 1. The Labute approximate surface area is 124 Å². The van der Waals surface area contributed by atoms with Crippen molar-refractivity contribution in [2.45, 2.75) is 26.5 Å². The number of thiophene rings is 1. The number of nitrogen functional groups attached to an aromatic ring is 1. The normalized spacial score (nSPS) is 10.6. The molecule has 19 heavy (non-hydrogen) atoms. The standard InChI is InChI=1S/C13H15BrN2O2S/c1-2-5-16-7-9(15)6-11(16)13(17)18-8-10-3-4-12(14)19-10/h3-4,6-7H,2,5,8,15H2,1H3. The third-order valence-corrected chi connectivity index (χ3v) is 4.16. The zero-order chi connectivity index (χ0) is 13.8. The van der Waals surface area contributed by atoms with Crippen molar-refractivity contribution in [3.63, 3.8) is 0 Å². The van der Waals surface area contributed by atoms with E-state index < -0.39 is 0 Å². The van der Waals surface area contributed by atoms with Gasteiger partial charge in [0, 0.05) is 17.6 Å². The van der Waals surface area contributed by atoms with Gasteiger partial charge in [0.2, 0.25) is 0 Å². The van der Waals surface area contributed by atoms with E-state index in [2.05, 4.69) is 22.9 Å². The molecule has 0 radical (unpaired) electrons. The smallest absolute Gasteiger partial charge is 0.355 e. The van der Waals surface area contributed by atoms with Gasteiger partial charge in [-0.3, -0.25) is 0 Å². The fourth-order valence-electron chi connectivity index (χ4n) is 1.77. The number of hydrogen-bond donors (Lipinski definition) is 1. The maximum Gasteiger partial charge on any atom is 0.355 e. The first-order valence-corrected chi connectivity index (χ1v) is 7.58. The van der Waals surface area contributed by atoms with E-state index in [-0.39, 0.29) is 12.6 Å². The van der Waals surface area contributed by atoms with Gasteiger partial charge in [0.1, 0.15) is 12.3 Å². The van der Waals surface area contributed by atoms with Gasteiger partial charge in [0.05, 0.1) is 9.47 Å². The zero-order valence-corrected chi connectivity index (χ0v) is 13.0. The Morgan fingerprint density at radius 1 is 1.53 bits per heavy atom. The Morgan fingerprint density at radius 2 is 2.32 bits per heavy atom. The van der Waals surface area contributed by atoms with E-state index >= 15 is 0 Å². The second-order valence-corrected chi connectivity index (χ2v) is 6.68. The van der Waals surface area contributed by atoms with Gasteiger partial charge in [-0.05, 0) is 40.5 Å². The van der Waals surface area contributed by atoms with Gasteiger partial charge in [0.25, 0.3) is 0 Å². The number of carbonyl (C=O) groups excluding carboxylic acids is 1. The summed E-state index contributed by atoms with van der Waals surface area (Å²) in [6.45, 7) is 3.09. The lowest BCUT2D eigenvalue weighted by Crippen LogP contribution is -2.11. The molecule has 0 bridgehead atoms. The minimum absolute atomic E-state index is 0.284. The molecule has 0 unspecified atom stereocenters. The molecule has 4 nitrogen and oxygen atoms in total. The van der Waals surface area contributed by atoms with Gasteiger partial charge >= 0.3 is 5.97 Å². The van der Waals surface area contributed by atoms with E-state index in [1.165, 1.54) is 0 Å². The molecule has 2 heterocycles. The molecule has 0 aromatic carbocycles. The van der Waals surface area contributed by atoms with Crippen molar-refractivity contribution in [2.24, 2.45) is 0 Å². The Kier molecular flexibility index (Phi) is 4.66. The topological polar surface area (TPSA) is 57.2 Å². The molecule has 0 aliphatic rings. The summed E-state index contributed by atoms with van der Waals surface area (Å²) >= 11 is 4.93. The van der Waals surface area contributed by atoms with Gasteiger partial charge in [-0.25, -0.2) is 4.79 Å². The van der Waals surface area contributed by atoms with Crippen molar-refractivity contribution in [2.75, 3.05) is 5.73 Å². The minimum atomic E-state index is -0.338. The number of esters is 1. The van der Waals surface area contributed by atoms with Crippen LogP contribution in [0.4, 0.5) is 5.69 Å². The number of hydrogen-bond acceptors (Lipinski definition) is 4. The highest BCUT2D eigenvalue weighted by Gasteiger charge is 2.14. The van der Waals surface area contributed by atoms with Crippen molar-refractivity contribution in [3.05, 3.63) is 38.8 Å². The number of anilines is 1. The molecule has 102 valence electrons. The van der Waals surface area contributed by atoms with Gasteiger partial charge < -0.3 is 15.0 Å². The van der Waals surface area contributed by atoms with Crippen molar-refractivity contribution >= 4 is 38.9 Å². The lowest BCUT2D eigenvalue weighted by atomic mass is 10.4. The lowest BCUT2D eigenvalue weighted by molar-refractivity contribution is 0.0464. The third kappa shape index (κ3) is 3.61. The molecule has 6 heteroatoms. The second kappa shape index (κ2) is 6.25. The summed E-state index contributed by atoms with van der Waals surface area (Å²) in [5.74, 6) is -0.338. The second-order valence-electron chi connectivity index (χ2n) is 4.13. The summed E-state index contributed by atoms with van der Waals surface area (Å²) in [4.78, 5) is 13.0.